The van der Waals surface area contributed by atoms with Crippen molar-refractivity contribution in [2.24, 2.45) is 16.6 Å². The normalized spacial score (nSPS) is 21.9. The summed E-state index contributed by atoms with van der Waals surface area (Å²) in [6.07, 6.45) is 10.8. The highest BCUT2D eigenvalue weighted by atomic mass is 16.5. The third-order valence-electron chi connectivity index (χ3n) is 6.49. The number of aromatic nitrogens is 1. The van der Waals surface area contributed by atoms with E-state index in [0.717, 1.165) is 34.8 Å². The lowest BCUT2D eigenvalue weighted by molar-refractivity contribution is 0.334. The van der Waals surface area contributed by atoms with Crippen LogP contribution in [0.15, 0.2) is 47.6 Å². The number of hydrogen-bond acceptors (Lipinski definition) is 5. The average molecular weight is 419 g/mol. The maximum atomic E-state index is 5.85. The molecule has 3 N–H and O–H groups in total. The summed E-state index contributed by atoms with van der Waals surface area (Å²) in [6.45, 7) is 3.03. The van der Waals surface area contributed by atoms with Gasteiger partial charge in [-0.3, -0.25) is 9.98 Å². The molecule has 2 saturated carbocycles. The van der Waals surface area contributed by atoms with Crippen LogP contribution in [0.2, 0.25) is 0 Å². The SMILES string of the molecule is COc1ccc(C2CCC(CNc3cccc(C(C=NC4CC4)=CN)c3)CC2)nc1C. The molecule has 1 heterocycles. The molecule has 164 valence electrons. The van der Waals surface area contributed by atoms with Crippen molar-refractivity contribution in [3.8, 4) is 5.75 Å². The van der Waals surface area contributed by atoms with Crippen LogP contribution < -0.4 is 15.8 Å². The topological polar surface area (TPSA) is 72.5 Å². The Morgan fingerprint density at radius 3 is 2.65 bits per heavy atom. The molecule has 5 nitrogen and oxygen atoms in total. The van der Waals surface area contributed by atoms with Crippen molar-refractivity contribution in [3.05, 3.63) is 59.5 Å². The summed E-state index contributed by atoms with van der Waals surface area (Å²) in [5, 5.41) is 3.65. The van der Waals surface area contributed by atoms with Gasteiger partial charge in [-0.15, -0.1) is 0 Å². The van der Waals surface area contributed by atoms with E-state index in [-0.39, 0.29) is 0 Å². The van der Waals surface area contributed by atoms with E-state index in [1.165, 1.54) is 44.2 Å². The molecule has 0 atom stereocenters. The zero-order valence-electron chi connectivity index (χ0n) is 18.7. The van der Waals surface area contributed by atoms with E-state index in [2.05, 4.69) is 46.7 Å². The van der Waals surface area contributed by atoms with Gasteiger partial charge in [-0.1, -0.05) is 12.1 Å². The van der Waals surface area contributed by atoms with Crippen LogP contribution in [0, 0.1) is 12.8 Å². The Morgan fingerprint density at radius 1 is 1.16 bits per heavy atom. The highest BCUT2D eigenvalue weighted by Gasteiger charge is 2.23. The Kier molecular flexibility index (Phi) is 6.90. The number of aliphatic imine (C=N–C) groups is 1. The minimum Gasteiger partial charge on any atom is -0.495 e. The number of hydrogen-bond donors (Lipinski definition) is 2. The van der Waals surface area contributed by atoms with Gasteiger partial charge in [0.25, 0.3) is 0 Å². The van der Waals surface area contributed by atoms with E-state index < -0.39 is 0 Å². The average Bonchev–Trinajstić information content (AvgIpc) is 3.63. The van der Waals surface area contributed by atoms with Crippen LogP contribution in [0.5, 0.6) is 5.75 Å². The lowest BCUT2D eigenvalue weighted by Crippen LogP contribution is -2.21. The van der Waals surface area contributed by atoms with Gasteiger partial charge in [0.1, 0.15) is 5.75 Å². The summed E-state index contributed by atoms with van der Waals surface area (Å²) < 4.78 is 5.35. The van der Waals surface area contributed by atoms with Crippen molar-refractivity contribution >= 4 is 17.5 Å². The first-order chi connectivity index (χ1) is 15.2. The van der Waals surface area contributed by atoms with Crippen LogP contribution >= 0.6 is 0 Å². The quantitative estimate of drug-likeness (QED) is 0.569. The molecule has 0 bridgehead atoms. The second kappa shape index (κ2) is 9.99. The van der Waals surface area contributed by atoms with Gasteiger partial charge in [-0.05, 0) is 81.2 Å². The fourth-order valence-electron chi connectivity index (χ4n) is 4.37. The molecule has 2 aromatic rings. The predicted molar refractivity (Wildman–Crippen MR) is 129 cm³/mol. The van der Waals surface area contributed by atoms with E-state index >= 15 is 0 Å². The third kappa shape index (κ3) is 5.66. The standard InChI is InChI=1S/C26H34N4O/c1-18-26(31-2)13-12-25(30-18)20-8-6-19(7-9-20)16-28-24-5-3-4-21(14-24)22(15-27)17-29-23-10-11-23/h3-5,12-15,17,19-20,23,28H,6-11,16,27H2,1-2H3. The van der Waals surface area contributed by atoms with E-state index in [0.29, 0.717) is 17.9 Å². The van der Waals surface area contributed by atoms with Crippen LogP contribution in [0.25, 0.3) is 5.57 Å². The molecule has 0 saturated heterocycles. The fourth-order valence-corrected chi connectivity index (χ4v) is 4.37. The minimum absolute atomic E-state index is 0.503. The monoisotopic (exact) mass is 418 g/mol. The Bertz CT molecular complexity index is 940. The molecule has 5 heteroatoms. The Morgan fingerprint density at radius 2 is 1.97 bits per heavy atom. The van der Waals surface area contributed by atoms with Gasteiger partial charge in [0, 0.05) is 41.8 Å². The molecule has 2 fully saturated rings. The highest BCUT2D eigenvalue weighted by molar-refractivity contribution is 6.10. The van der Waals surface area contributed by atoms with E-state index in [9.17, 15) is 0 Å². The predicted octanol–water partition coefficient (Wildman–Crippen LogP) is 5.32. The van der Waals surface area contributed by atoms with E-state index in [4.69, 9.17) is 15.5 Å². The van der Waals surface area contributed by atoms with Crippen molar-refractivity contribution in [1.29, 1.82) is 0 Å². The molecule has 2 aliphatic rings. The van der Waals surface area contributed by atoms with Gasteiger partial charge >= 0.3 is 0 Å². The number of nitrogens with two attached hydrogens (primary N) is 1. The summed E-state index contributed by atoms with van der Waals surface area (Å²) in [6, 6.07) is 13.2. The highest BCUT2D eigenvalue weighted by Crippen LogP contribution is 2.36. The number of methoxy groups -OCH3 is 1. The van der Waals surface area contributed by atoms with Gasteiger partial charge < -0.3 is 15.8 Å². The summed E-state index contributed by atoms with van der Waals surface area (Å²) >= 11 is 0. The first kappa shape index (κ1) is 21.4. The second-order valence-electron chi connectivity index (χ2n) is 8.83. The molecule has 1 aromatic heterocycles. The second-order valence-corrected chi connectivity index (χ2v) is 8.83. The molecule has 0 radical (unpaired) electrons. The molecular formula is C26H34N4O. The van der Waals surface area contributed by atoms with Gasteiger partial charge in [0.2, 0.25) is 0 Å². The number of benzene rings is 1. The van der Waals surface area contributed by atoms with Gasteiger partial charge in [0.05, 0.1) is 18.8 Å². The number of ether oxygens (including phenoxy) is 1. The number of aryl methyl sites for hydroxylation is 1. The molecule has 4 rings (SSSR count). The molecule has 2 aliphatic carbocycles. The van der Waals surface area contributed by atoms with Crippen molar-refractivity contribution in [1.82, 2.24) is 4.98 Å². The zero-order chi connectivity index (χ0) is 21.6. The maximum Gasteiger partial charge on any atom is 0.140 e. The summed E-state index contributed by atoms with van der Waals surface area (Å²) in [4.78, 5) is 9.36. The number of nitrogens with one attached hydrogen (secondary N) is 1. The summed E-state index contributed by atoms with van der Waals surface area (Å²) in [5.74, 6) is 2.13. The van der Waals surface area contributed by atoms with Crippen LogP contribution in [-0.4, -0.2) is 30.9 Å². The lowest BCUT2D eigenvalue weighted by Gasteiger charge is -2.29. The molecule has 0 spiro atoms. The fraction of sp³-hybridized carbons (Fsp3) is 0.462. The van der Waals surface area contributed by atoms with Crippen LogP contribution in [0.3, 0.4) is 0 Å². The first-order valence-corrected chi connectivity index (χ1v) is 11.5. The lowest BCUT2D eigenvalue weighted by atomic mass is 9.80. The molecule has 0 aliphatic heterocycles. The molecule has 0 unspecified atom stereocenters. The first-order valence-electron chi connectivity index (χ1n) is 11.5. The van der Waals surface area contributed by atoms with Gasteiger partial charge in [0.15, 0.2) is 0 Å². The largest absolute Gasteiger partial charge is 0.495 e. The Hall–Kier alpha value is -2.82. The Balaban J connectivity index is 1.29. The number of anilines is 1. The minimum atomic E-state index is 0.503. The Labute approximate surface area is 185 Å². The van der Waals surface area contributed by atoms with Gasteiger partial charge in [-0.2, -0.15) is 0 Å². The molecular weight excluding hydrogens is 384 g/mol. The molecule has 31 heavy (non-hydrogen) atoms. The molecule has 0 amide bonds. The van der Waals surface area contributed by atoms with Crippen molar-refractivity contribution in [2.75, 3.05) is 19.0 Å². The van der Waals surface area contributed by atoms with Crippen LogP contribution in [-0.2, 0) is 0 Å². The number of allylic oxidation sites excluding steroid dienone is 1. The van der Waals surface area contributed by atoms with E-state index in [1.54, 1.807) is 13.3 Å². The van der Waals surface area contributed by atoms with Crippen LogP contribution in [0.1, 0.15) is 61.4 Å². The smallest absolute Gasteiger partial charge is 0.140 e. The zero-order valence-corrected chi connectivity index (χ0v) is 18.7. The maximum absolute atomic E-state index is 5.85. The van der Waals surface area contributed by atoms with E-state index in [1.807, 2.05) is 13.1 Å². The van der Waals surface area contributed by atoms with Crippen molar-refractivity contribution < 1.29 is 4.74 Å². The van der Waals surface area contributed by atoms with Gasteiger partial charge in [-0.25, -0.2) is 0 Å². The number of pyridine rings is 1. The number of nitrogens with zero attached hydrogens (tertiary/aromatic N) is 2. The summed E-state index contributed by atoms with van der Waals surface area (Å²) in [7, 11) is 1.70. The molecule has 1 aromatic carbocycles. The van der Waals surface area contributed by atoms with Crippen LogP contribution in [0.4, 0.5) is 5.69 Å². The number of rotatable bonds is 8. The third-order valence-corrected chi connectivity index (χ3v) is 6.49. The van der Waals surface area contributed by atoms with Crippen molar-refractivity contribution in [2.45, 2.75) is 57.4 Å². The van der Waals surface area contributed by atoms with Crippen molar-refractivity contribution in [3.63, 3.8) is 0 Å². The summed E-state index contributed by atoms with van der Waals surface area (Å²) in [5.41, 5.74) is 11.3.